The highest BCUT2D eigenvalue weighted by Gasteiger charge is 2.09. The number of benzene rings is 1. The molecule has 1 aliphatic heterocycles. The minimum absolute atomic E-state index is 0.646. The predicted molar refractivity (Wildman–Crippen MR) is 55.9 cm³/mol. The van der Waals surface area contributed by atoms with E-state index in [1.807, 2.05) is 0 Å². The predicted octanol–water partition coefficient (Wildman–Crippen LogP) is 2.46. The molecule has 2 rings (SSSR count). The molecule has 0 bridgehead atoms. The summed E-state index contributed by atoms with van der Waals surface area (Å²) in [6.07, 6.45) is 1.19. The van der Waals surface area contributed by atoms with E-state index in [0.717, 1.165) is 13.1 Å². The molecule has 1 nitrogen and oxygen atoms in total. The van der Waals surface area contributed by atoms with Crippen LogP contribution in [0, 0.1) is 0 Å². The average Bonchev–Trinajstić information content (AvgIpc) is 2.17. The molecular formula is C12H17N. The van der Waals surface area contributed by atoms with Crippen LogP contribution in [0.5, 0.6) is 0 Å². The van der Waals surface area contributed by atoms with E-state index in [9.17, 15) is 0 Å². The Bertz CT molecular complexity index is 302. The highest BCUT2D eigenvalue weighted by molar-refractivity contribution is 5.34. The first-order valence-electron chi connectivity index (χ1n) is 5.10. The first-order chi connectivity index (χ1) is 6.27. The summed E-state index contributed by atoms with van der Waals surface area (Å²) >= 11 is 0. The third-order valence-corrected chi connectivity index (χ3v) is 2.78. The topological polar surface area (TPSA) is 12.0 Å². The summed E-state index contributed by atoms with van der Waals surface area (Å²) in [7, 11) is 0. The van der Waals surface area contributed by atoms with E-state index in [1.54, 1.807) is 0 Å². The highest BCUT2D eigenvalue weighted by Crippen LogP contribution is 2.20. The molecule has 1 aromatic carbocycles. The van der Waals surface area contributed by atoms with Gasteiger partial charge in [-0.3, -0.25) is 0 Å². The lowest BCUT2D eigenvalue weighted by atomic mass is 9.94. The van der Waals surface area contributed by atoms with Crippen LogP contribution in [0.1, 0.15) is 36.5 Å². The lowest BCUT2D eigenvalue weighted by Gasteiger charge is -2.18. The van der Waals surface area contributed by atoms with Crippen LogP contribution in [0.4, 0.5) is 0 Å². The summed E-state index contributed by atoms with van der Waals surface area (Å²) < 4.78 is 0. The Balaban J connectivity index is 2.35. The molecule has 13 heavy (non-hydrogen) atoms. The summed E-state index contributed by atoms with van der Waals surface area (Å²) in [6, 6.07) is 6.92. The zero-order valence-corrected chi connectivity index (χ0v) is 8.43. The normalized spacial score (nSPS) is 15.9. The second-order valence-electron chi connectivity index (χ2n) is 4.11. The fraction of sp³-hybridized carbons (Fsp3) is 0.500. The SMILES string of the molecule is CC(C)c1ccc2c(c1)CNCC2. The van der Waals surface area contributed by atoms with Gasteiger partial charge in [0.15, 0.2) is 0 Å². The molecule has 1 heteroatoms. The van der Waals surface area contributed by atoms with Gasteiger partial charge in [-0.1, -0.05) is 32.0 Å². The maximum Gasteiger partial charge on any atom is 0.0208 e. The Kier molecular flexibility index (Phi) is 2.36. The Hall–Kier alpha value is -0.820. The van der Waals surface area contributed by atoms with Crippen molar-refractivity contribution < 1.29 is 0 Å². The Morgan fingerprint density at radius 3 is 2.85 bits per heavy atom. The Labute approximate surface area is 80.2 Å². The number of rotatable bonds is 1. The van der Waals surface area contributed by atoms with Crippen molar-refractivity contribution in [2.24, 2.45) is 0 Å². The van der Waals surface area contributed by atoms with E-state index in [-0.39, 0.29) is 0 Å². The zero-order chi connectivity index (χ0) is 9.26. The fourth-order valence-electron chi connectivity index (χ4n) is 1.86. The van der Waals surface area contributed by atoms with Gasteiger partial charge in [-0.15, -0.1) is 0 Å². The van der Waals surface area contributed by atoms with Gasteiger partial charge in [0.05, 0.1) is 0 Å². The molecule has 0 atom stereocenters. The van der Waals surface area contributed by atoms with Crippen LogP contribution in [0.25, 0.3) is 0 Å². The maximum absolute atomic E-state index is 3.41. The third-order valence-electron chi connectivity index (χ3n) is 2.78. The minimum Gasteiger partial charge on any atom is -0.312 e. The third kappa shape index (κ3) is 1.75. The largest absolute Gasteiger partial charge is 0.312 e. The van der Waals surface area contributed by atoms with Gasteiger partial charge in [-0.25, -0.2) is 0 Å². The number of fused-ring (bicyclic) bond motifs is 1. The molecule has 70 valence electrons. The Morgan fingerprint density at radius 1 is 1.23 bits per heavy atom. The molecule has 0 saturated carbocycles. The van der Waals surface area contributed by atoms with Gasteiger partial charge in [-0.2, -0.15) is 0 Å². The number of nitrogens with one attached hydrogen (secondary N) is 1. The van der Waals surface area contributed by atoms with Crippen LogP contribution in [-0.2, 0) is 13.0 Å². The molecule has 0 spiro atoms. The van der Waals surface area contributed by atoms with E-state index < -0.39 is 0 Å². The second-order valence-corrected chi connectivity index (χ2v) is 4.11. The number of hydrogen-bond donors (Lipinski definition) is 1. The van der Waals surface area contributed by atoms with E-state index in [0.29, 0.717) is 5.92 Å². The van der Waals surface area contributed by atoms with Crippen molar-refractivity contribution in [3.05, 3.63) is 34.9 Å². The van der Waals surface area contributed by atoms with Crippen molar-refractivity contribution >= 4 is 0 Å². The minimum atomic E-state index is 0.646. The van der Waals surface area contributed by atoms with Crippen LogP contribution in [0.3, 0.4) is 0 Å². The van der Waals surface area contributed by atoms with E-state index in [4.69, 9.17) is 0 Å². The average molecular weight is 175 g/mol. The molecule has 0 aliphatic carbocycles. The maximum atomic E-state index is 3.41. The first-order valence-corrected chi connectivity index (χ1v) is 5.10. The molecule has 1 aromatic rings. The Morgan fingerprint density at radius 2 is 2.08 bits per heavy atom. The fourth-order valence-corrected chi connectivity index (χ4v) is 1.86. The highest BCUT2D eigenvalue weighted by atomic mass is 14.9. The van der Waals surface area contributed by atoms with Crippen molar-refractivity contribution in [2.45, 2.75) is 32.7 Å². The van der Waals surface area contributed by atoms with Crippen LogP contribution >= 0.6 is 0 Å². The lowest BCUT2D eigenvalue weighted by molar-refractivity contribution is 0.641. The van der Waals surface area contributed by atoms with Crippen molar-refractivity contribution in [1.82, 2.24) is 5.32 Å². The van der Waals surface area contributed by atoms with Crippen LogP contribution in [0.15, 0.2) is 18.2 Å². The quantitative estimate of drug-likeness (QED) is 0.691. The van der Waals surface area contributed by atoms with Gasteiger partial charge in [0.25, 0.3) is 0 Å². The van der Waals surface area contributed by atoms with Gasteiger partial charge < -0.3 is 5.32 Å². The smallest absolute Gasteiger partial charge is 0.0208 e. The monoisotopic (exact) mass is 175 g/mol. The molecule has 0 radical (unpaired) electrons. The lowest BCUT2D eigenvalue weighted by Crippen LogP contribution is -2.23. The van der Waals surface area contributed by atoms with Crippen molar-refractivity contribution in [1.29, 1.82) is 0 Å². The van der Waals surface area contributed by atoms with Crippen LogP contribution < -0.4 is 5.32 Å². The first kappa shape index (κ1) is 8.76. The van der Waals surface area contributed by atoms with Gasteiger partial charge in [0.1, 0.15) is 0 Å². The molecule has 0 saturated heterocycles. The molecule has 0 unspecified atom stereocenters. The van der Waals surface area contributed by atoms with Gasteiger partial charge in [0, 0.05) is 6.54 Å². The number of hydrogen-bond acceptors (Lipinski definition) is 1. The summed E-state index contributed by atoms with van der Waals surface area (Å²) in [6.45, 7) is 6.68. The molecular weight excluding hydrogens is 158 g/mol. The molecule has 1 heterocycles. The molecule has 1 N–H and O–H groups in total. The summed E-state index contributed by atoms with van der Waals surface area (Å²) in [5.74, 6) is 0.646. The zero-order valence-electron chi connectivity index (χ0n) is 8.43. The van der Waals surface area contributed by atoms with Crippen molar-refractivity contribution in [2.75, 3.05) is 6.54 Å². The molecule has 1 aliphatic rings. The molecule has 0 fully saturated rings. The summed E-state index contributed by atoms with van der Waals surface area (Å²) in [5, 5.41) is 3.41. The van der Waals surface area contributed by atoms with Gasteiger partial charge >= 0.3 is 0 Å². The van der Waals surface area contributed by atoms with Gasteiger partial charge in [-0.05, 0) is 35.6 Å². The van der Waals surface area contributed by atoms with Crippen molar-refractivity contribution in [3.63, 3.8) is 0 Å². The second kappa shape index (κ2) is 3.51. The van der Waals surface area contributed by atoms with Crippen molar-refractivity contribution in [3.8, 4) is 0 Å². The van der Waals surface area contributed by atoms with E-state index >= 15 is 0 Å². The standard InChI is InChI=1S/C12H17N/c1-9(2)11-4-3-10-5-6-13-8-12(10)7-11/h3-4,7,9,13H,5-6,8H2,1-2H3. The summed E-state index contributed by atoms with van der Waals surface area (Å²) in [5.41, 5.74) is 4.49. The van der Waals surface area contributed by atoms with E-state index in [2.05, 4.69) is 37.4 Å². The van der Waals surface area contributed by atoms with Crippen LogP contribution in [-0.4, -0.2) is 6.54 Å². The van der Waals surface area contributed by atoms with Crippen LogP contribution in [0.2, 0.25) is 0 Å². The molecule has 0 aromatic heterocycles. The van der Waals surface area contributed by atoms with E-state index in [1.165, 1.54) is 23.1 Å². The summed E-state index contributed by atoms with van der Waals surface area (Å²) in [4.78, 5) is 0. The molecule has 0 amide bonds. The van der Waals surface area contributed by atoms with Gasteiger partial charge in [0.2, 0.25) is 0 Å².